The summed E-state index contributed by atoms with van der Waals surface area (Å²) in [6.45, 7) is 65.4. The zero-order chi connectivity index (χ0) is 42.6. The van der Waals surface area contributed by atoms with Crippen LogP contribution in [0.2, 0.25) is 118 Å². The fraction of sp³-hybridized carbons (Fsp3) is 0.521. The van der Waals surface area contributed by atoms with Gasteiger partial charge in [-0.05, 0) is 36.3 Å². The number of hydrogen-bond donors (Lipinski definition) is 0. The van der Waals surface area contributed by atoms with E-state index in [4.69, 9.17) is 0 Å². The van der Waals surface area contributed by atoms with Gasteiger partial charge in [-0.15, -0.1) is 0 Å². The second-order valence-electron chi connectivity index (χ2n) is 23.7. The average molecular weight is 1010 g/mol. The Hall–Kier alpha value is 0.112. The van der Waals surface area contributed by atoms with Crippen LogP contribution in [0.4, 0.5) is 0 Å². The van der Waals surface area contributed by atoms with E-state index in [-0.39, 0.29) is 58.9 Å². The molecule has 4 aromatic rings. The van der Waals surface area contributed by atoms with Crippen LogP contribution in [0.5, 0.6) is 0 Å². The third-order valence-electron chi connectivity index (χ3n) is 12.9. The number of aryl methyl sites for hydroxylation is 3. The van der Waals surface area contributed by atoms with Crippen LogP contribution in [0.3, 0.4) is 0 Å². The molecule has 0 aliphatic carbocycles. The molecule has 0 spiro atoms. The van der Waals surface area contributed by atoms with Crippen molar-refractivity contribution < 1.29 is 58.9 Å². The molecule has 0 aliphatic rings. The maximum absolute atomic E-state index is 3.16. The molecule has 0 radical (unpaired) electrons. The van der Waals surface area contributed by atoms with Crippen molar-refractivity contribution in [1.29, 1.82) is 0 Å². The van der Waals surface area contributed by atoms with Crippen molar-refractivity contribution in [2.45, 2.75) is 166 Å². The van der Waals surface area contributed by atoms with Gasteiger partial charge < -0.3 is 37.2 Å². The SMILES string of the molecule is Cc1ccc([Si](C)(C)C)c([Si](C)(C)C)c1[Si](c1c(C)ccc([Si](C)(C)C)c1[Si](C)(C)C)(c1c(C)ccc([Si](C)(C)C)c1[Si](C)(C)C)c1c(C)c(C)c(C)[c-]1C.[Cl-].[Cl-].[Cl-].[Ti+4]. The number of halogens is 3. The standard InChI is InChI=1S/C48H81Si7.3ClH.Ti/c1-32-26-29-39(49(8,9)10)46(52(17,18)19)42(32)55(45-37(6)35(4)36(5)38(45)7,43-33(2)27-30-40(50(11,12)13)47(43)53(20,21)22)44-34(3)28-31-41(51(14,15)16)48(44)54(23,24)25;;;;/h26-31H,1-25H3;3*1H;/q-1;;;;+4/p-3. The molecule has 0 heterocycles. The third kappa shape index (κ3) is 10.6. The van der Waals surface area contributed by atoms with Crippen molar-refractivity contribution in [3.63, 3.8) is 0 Å². The number of hydrogen-bond acceptors (Lipinski definition) is 0. The van der Waals surface area contributed by atoms with Crippen LogP contribution in [0.25, 0.3) is 0 Å². The molecule has 4 rings (SSSR count). The summed E-state index contributed by atoms with van der Waals surface area (Å²) in [5.74, 6) is 0. The summed E-state index contributed by atoms with van der Waals surface area (Å²) in [6, 6.07) is 15.7. The average Bonchev–Trinajstić information content (AvgIpc) is 3.17. The maximum Gasteiger partial charge on any atom is 4.00 e. The molecule has 0 fully saturated rings. The Morgan fingerprint density at radius 3 is 0.746 bits per heavy atom. The number of benzene rings is 3. The summed E-state index contributed by atoms with van der Waals surface area (Å²) >= 11 is 0. The smallest absolute Gasteiger partial charge is 1.00 e. The predicted molar refractivity (Wildman–Crippen MR) is 277 cm³/mol. The molecular weight excluding hydrogens is 927 g/mol. The Labute approximate surface area is 405 Å². The quantitative estimate of drug-likeness (QED) is 0.111. The van der Waals surface area contributed by atoms with E-state index in [9.17, 15) is 0 Å². The maximum atomic E-state index is 2.69. The predicted octanol–water partition coefficient (Wildman–Crippen LogP) is -0.777. The van der Waals surface area contributed by atoms with Crippen molar-refractivity contribution in [1.82, 2.24) is 0 Å². The van der Waals surface area contributed by atoms with Crippen molar-refractivity contribution in [2.75, 3.05) is 0 Å². The van der Waals surface area contributed by atoms with Gasteiger partial charge in [0.1, 0.15) is 0 Å². The van der Waals surface area contributed by atoms with Gasteiger partial charge >= 0.3 is 21.7 Å². The molecule has 0 N–H and O–H groups in total. The van der Waals surface area contributed by atoms with E-state index in [2.05, 4.69) is 203 Å². The van der Waals surface area contributed by atoms with Crippen molar-refractivity contribution in [3.05, 3.63) is 75.3 Å². The van der Waals surface area contributed by atoms with E-state index in [0.29, 0.717) is 0 Å². The molecule has 0 amide bonds. The molecular formula is C48H81Cl3Si7Ti. The molecule has 0 nitrogen and oxygen atoms in total. The first-order chi connectivity index (χ1) is 24.5. The van der Waals surface area contributed by atoms with Gasteiger partial charge in [-0.1, -0.05) is 230 Å². The first-order valence-electron chi connectivity index (χ1n) is 21.2. The molecule has 0 saturated heterocycles. The van der Waals surface area contributed by atoms with Crippen LogP contribution >= 0.6 is 0 Å². The Morgan fingerprint density at radius 1 is 0.339 bits per heavy atom. The van der Waals surface area contributed by atoms with Crippen molar-refractivity contribution in [2.24, 2.45) is 0 Å². The van der Waals surface area contributed by atoms with Gasteiger partial charge in [-0.25, -0.2) is 0 Å². The Balaban J connectivity index is 0.00000841. The Morgan fingerprint density at radius 2 is 0.576 bits per heavy atom. The van der Waals surface area contributed by atoms with Crippen LogP contribution < -0.4 is 89.1 Å². The molecule has 4 aromatic carbocycles. The first kappa shape index (κ1) is 59.1. The summed E-state index contributed by atoms with van der Waals surface area (Å²) in [7, 11) is -14.4. The summed E-state index contributed by atoms with van der Waals surface area (Å²) in [4.78, 5) is 0. The first-order valence-corrected chi connectivity index (χ1v) is 44.2. The van der Waals surface area contributed by atoms with E-state index in [1.807, 2.05) is 15.6 Å². The third-order valence-corrected chi connectivity index (χ3v) is 32.2. The molecule has 59 heavy (non-hydrogen) atoms. The topological polar surface area (TPSA) is 0 Å². The Bertz CT molecular complexity index is 1920. The Kier molecular flexibility index (Phi) is 19.3. The minimum absolute atomic E-state index is 0. The molecule has 0 saturated carbocycles. The van der Waals surface area contributed by atoms with Crippen LogP contribution in [0.1, 0.15) is 38.9 Å². The zero-order valence-electron chi connectivity index (χ0n) is 42.1. The fourth-order valence-electron chi connectivity index (χ4n) is 10.3. The summed E-state index contributed by atoms with van der Waals surface area (Å²) in [5.41, 5.74) is 10.8. The van der Waals surface area contributed by atoms with E-state index in [1.54, 1.807) is 64.1 Å². The minimum atomic E-state index is -3.16. The molecule has 11 heteroatoms. The number of rotatable bonds is 10. The summed E-state index contributed by atoms with van der Waals surface area (Å²) < 4.78 is 0. The largest absolute Gasteiger partial charge is 4.00 e. The molecule has 0 atom stereocenters. The van der Waals surface area contributed by atoms with Crippen molar-refractivity contribution in [3.8, 4) is 0 Å². The van der Waals surface area contributed by atoms with E-state index >= 15 is 0 Å². The van der Waals surface area contributed by atoms with Gasteiger partial charge in [-0.2, -0.15) is 27.4 Å². The van der Waals surface area contributed by atoms with Gasteiger partial charge in [0.05, 0.1) is 48.4 Å². The molecule has 0 unspecified atom stereocenters. The van der Waals surface area contributed by atoms with E-state index in [0.717, 1.165) is 0 Å². The summed E-state index contributed by atoms with van der Waals surface area (Å²) in [6.07, 6.45) is 0. The van der Waals surface area contributed by atoms with Crippen LogP contribution in [0.15, 0.2) is 36.4 Å². The second-order valence-corrected chi connectivity index (χ2v) is 57.3. The van der Waals surface area contributed by atoms with E-state index in [1.165, 1.54) is 11.1 Å². The van der Waals surface area contributed by atoms with Gasteiger partial charge in [0.25, 0.3) is 0 Å². The van der Waals surface area contributed by atoms with Crippen LogP contribution in [-0.2, 0) is 21.7 Å². The van der Waals surface area contributed by atoms with Crippen molar-refractivity contribution >= 4 is 108 Å². The molecule has 0 bridgehead atoms. The minimum Gasteiger partial charge on any atom is -1.00 e. The van der Waals surface area contributed by atoms with Gasteiger partial charge in [0, 0.05) is 0 Å². The monoisotopic (exact) mass is 1010 g/mol. The van der Waals surface area contributed by atoms with Gasteiger partial charge in [0.15, 0.2) is 8.07 Å². The molecule has 326 valence electrons. The second kappa shape index (κ2) is 19.3. The summed E-state index contributed by atoms with van der Waals surface area (Å²) in [5, 5.41) is 17.7. The zero-order valence-corrected chi connectivity index (χ0v) is 52.9. The molecule has 0 aromatic heterocycles. The van der Waals surface area contributed by atoms with E-state index < -0.39 is 56.5 Å². The van der Waals surface area contributed by atoms with Crippen LogP contribution in [-0.4, -0.2) is 56.5 Å². The fourth-order valence-corrected chi connectivity index (χ4v) is 38.9. The van der Waals surface area contributed by atoms with Crippen LogP contribution in [0, 0.1) is 48.5 Å². The molecule has 0 aliphatic heterocycles. The van der Waals surface area contributed by atoms with Gasteiger partial charge in [0.2, 0.25) is 0 Å². The van der Waals surface area contributed by atoms with Gasteiger partial charge in [-0.3, -0.25) is 0 Å². The normalized spacial score (nSPS) is 13.0.